The van der Waals surface area contributed by atoms with Gasteiger partial charge >= 0.3 is 10.2 Å². The molecule has 1 aromatic heterocycles. The summed E-state index contributed by atoms with van der Waals surface area (Å²) in [7, 11) is -3.96. The molecule has 0 unspecified atom stereocenters. The predicted molar refractivity (Wildman–Crippen MR) is 188 cm³/mol. The first kappa shape index (κ1) is 31.9. The average Bonchev–Trinajstić information content (AvgIpc) is 3.56. The number of halogens is 2. The van der Waals surface area contributed by atoms with Gasteiger partial charge in [0.2, 0.25) is 0 Å². The molecule has 46 heavy (non-hydrogen) atoms. The molecule has 0 spiro atoms. The summed E-state index contributed by atoms with van der Waals surface area (Å²) in [4.78, 5) is 18.1. The van der Waals surface area contributed by atoms with Crippen molar-refractivity contribution < 1.29 is 13.2 Å². The third-order valence-corrected chi connectivity index (χ3v) is 10.3. The molecule has 5 aromatic rings. The van der Waals surface area contributed by atoms with Crippen LogP contribution in [0.3, 0.4) is 0 Å². The fourth-order valence-electron chi connectivity index (χ4n) is 5.11. The molecule has 1 fully saturated rings. The Morgan fingerprint density at radius 1 is 0.935 bits per heavy atom. The number of anilines is 1. The van der Waals surface area contributed by atoms with Crippen LogP contribution >= 0.6 is 35.0 Å². The number of amides is 1. The van der Waals surface area contributed by atoms with Gasteiger partial charge in [-0.3, -0.25) is 4.79 Å². The molecule has 1 aliphatic heterocycles. The number of carbonyl (C=O) groups is 1. The Kier molecular flexibility index (Phi) is 9.29. The normalized spacial score (nSPS) is 13.9. The second kappa shape index (κ2) is 13.4. The highest BCUT2D eigenvalue weighted by Gasteiger charge is 2.34. The predicted octanol–water partition coefficient (Wildman–Crippen LogP) is 8.34. The lowest BCUT2D eigenvalue weighted by atomic mass is 10.0. The van der Waals surface area contributed by atoms with Gasteiger partial charge in [-0.25, -0.2) is 14.0 Å². The zero-order chi connectivity index (χ0) is 32.4. The molecule has 234 valence electrons. The molecular weight excluding hydrogens is 659 g/mol. The first-order chi connectivity index (χ1) is 22.1. The Morgan fingerprint density at radius 2 is 1.63 bits per heavy atom. The Balaban J connectivity index is 1.31. The van der Waals surface area contributed by atoms with E-state index in [1.165, 1.54) is 10.5 Å². The summed E-state index contributed by atoms with van der Waals surface area (Å²) in [6.45, 7) is 3.94. The molecule has 4 aromatic carbocycles. The number of carbonyl (C=O) groups excluding carboxylic acids is 1. The molecule has 6 rings (SSSR count). The van der Waals surface area contributed by atoms with Crippen LogP contribution in [0.25, 0.3) is 28.1 Å². The number of thioether (sulfide) groups is 1. The topological polar surface area (TPSA) is 84.3 Å². The highest BCUT2D eigenvalue weighted by molar-refractivity contribution is 7.99. The standard InChI is InChI=1S/C35H30Cl2N4O3S2/c1-23(2)16-17-45-30-13-10-26(11-14-30)25-8-6-24(7-9-25)18-34-38-33(31-15-12-27(36)19-32(31)37)21-40(34)28-4-3-5-29(20-28)41-22-35(42)39-46(41,43)44/h3-16,19-21H,17-18,22H2,1-2H3,(H,39,42). The zero-order valence-corrected chi connectivity index (χ0v) is 28.2. The molecule has 0 bridgehead atoms. The number of hydrogen-bond acceptors (Lipinski definition) is 5. The van der Waals surface area contributed by atoms with Crippen molar-refractivity contribution in [2.75, 3.05) is 16.6 Å². The van der Waals surface area contributed by atoms with Crippen LogP contribution in [-0.4, -0.2) is 36.2 Å². The van der Waals surface area contributed by atoms with E-state index in [2.05, 4.69) is 68.5 Å². The Morgan fingerprint density at radius 3 is 2.28 bits per heavy atom. The van der Waals surface area contributed by atoms with Gasteiger partial charge in [0.25, 0.3) is 5.91 Å². The highest BCUT2D eigenvalue weighted by Crippen LogP contribution is 2.33. The van der Waals surface area contributed by atoms with E-state index in [9.17, 15) is 13.2 Å². The average molecular weight is 690 g/mol. The maximum Gasteiger partial charge on any atom is 0.326 e. The molecular formula is C35H30Cl2N4O3S2. The fourth-order valence-corrected chi connectivity index (χ4v) is 7.70. The van der Waals surface area contributed by atoms with Crippen LogP contribution in [-0.2, 0) is 21.4 Å². The lowest BCUT2D eigenvalue weighted by Crippen LogP contribution is -2.29. The first-order valence-electron chi connectivity index (χ1n) is 14.5. The summed E-state index contributed by atoms with van der Waals surface area (Å²) >= 11 is 14.5. The van der Waals surface area contributed by atoms with Crippen molar-refractivity contribution in [1.29, 1.82) is 0 Å². The summed E-state index contributed by atoms with van der Waals surface area (Å²) in [6, 6.07) is 29.2. The Hall–Kier alpha value is -4.02. The number of allylic oxidation sites excluding steroid dienone is 1. The summed E-state index contributed by atoms with van der Waals surface area (Å²) < 4.78 is 30.1. The van der Waals surface area contributed by atoms with Gasteiger partial charge in [0.1, 0.15) is 12.4 Å². The molecule has 7 nitrogen and oxygen atoms in total. The molecule has 0 saturated carbocycles. The van der Waals surface area contributed by atoms with Gasteiger partial charge in [0.05, 0.1) is 16.4 Å². The van der Waals surface area contributed by atoms with E-state index >= 15 is 0 Å². The number of nitrogens with zero attached hydrogens (tertiary/aromatic N) is 3. The van der Waals surface area contributed by atoms with E-state index in [-0.39, 0.29) is 6.54 Å². The van der Waals surface area contributed by atoms with Crippen LogP contribution in [0.15, 0.2) is 114 Å². The number of aromatic nitrogens is 2. The van der Waals surface area contributed by atoms with E-state index in [0.29, 0.717) is 33.5 Å². The largest absolute Gasteiger partial charge is 0.326 e. The Bertz CT molecular complexity index is 2050. The van der Waals surface area contributed by atoms with E-state index in [1.807, 2.05) is 39.4 Å². The molecule has 2 heterocycles. The Labute approximate surface area is 283 Å². The van der Waals surface area contributed by atoms with Crippen LogP contribution in [0.4, 0.5) is 5.69 Å². The molecule has 1 aliphatic rings. The first-order valence-corrected chi connectivity index (χ1v) is 17.7. The minimum Gasteiger partial charge on any atom is -0.303 e. The van der Waals surface area contributed by atoms with Crippen molar-refractivity contribution in [3.63, 3.8) is 0 Å². The second-order valence-electron chi connectivity index (χ2n) is 11.1. The summed E-state index contributed by atoms with van der Waals surface area (Å²) in [5.41, 5.74) is 7.04. The van der Waals surface area contributed by atoms with Crippen LogP contribution < -0.4 is 9.03 Å². The number of rotatable bonds is 9. The van der Waals surface area contributed by atoms with E-state index < -0.39 is 16.1 Å². The number of benzene rings is 4. The van der Waals surface area contributed by atoms with Crippen LogP contribution in [0, 0.1) is 0 Å². The van der Waals surface area contributed by atoms with Crippen molar-refractivity contribution in [1.82, 2.24) is 14.3 Å². The van der Waals surface area contributed by atoms with Crippen molar-refractivity contribution in [2.24, 2.45) is 0 Å². The van der Waals surface area contributed by atoms with E-state index in [1.54, 1.807) is 30.3 Å². The summed E-state index contributed by atoms with van der Waals surface area (Å²) in [6.07, 6.45) is 4.60. The quantitative estimate of drug-likeness (QED) is 0.124. The minimum atomic E-state index is -3.96. The van der Waals surface area contributed by atoms with Gasteiger partial charge in [-0.1, -0.05) is 77.3 Å². The smallest absolute Gasteiger partial charge is 0.303 e. The molecule has 1 N–H and O–H groups in total. The zero-order valence-electron chi connectivity index (χ0n) is 25.1. The van der Waals surface area contributed by atoms with Crippen molar-refractivity contribution >= 4 is 56.8 Å². The second-order valence-corrected chi connectivity index (χ2v) is 14.6. The van der Waals surface area contributed by atoms with Crippen LogP contribution in [0.1, 0.15) is 25.2 Å². The van der Waals surface area contributed by atoms with Gasteiger partial charge in [-0.05, 0) is 79.1 Å². The van der Waals surface area contributed by atoms with Crippen LogP contribution in [0.2, 0.25) is 10.0 Å². The van der Waals surface area contributed by atoms with Gasteiger partial charge in [-0.15, -0.1) is 11.8 Å². The molecule has 1 saturated heterocycles. The molecule has 11 heteroatoms. The maximum atomic E-state index is 12.5. The highest BCUT2D eigenvalue weighted by atomic mass is 35.5. The summed E-state index contributed by atoms with van der Waals surface area (Å²) in [5, 5.41) is 0.990. The van der Waals surface area contributed by atoms with Gasteiger partial charge in [0.15, 0.2) is 0 Å². The monoisotopic (exact) mass is 688 g/mol. The number of nitrogens with one attached hydrogen (secondary N) is 1. The third kappa shape index (κ3) is 7.18. The lowest BCUT2D eigenvalue weighted by Gasteiger charge is -2.16. The molecule has 0 radical (unpaired) electrons. The number of imidazole rings is 1. The maximum absolute atomic E-state index is 12.5. The van der Waals surface area contributed by atoms with Crippen molar-refractivity contribution in [3.8, 4) is 28.1 Å². The molecule has 1 amide bonds. The van der Waals surface area contributed by atoms with Crippen molar-refractivity contribution in [3.05, 3.63) is 130 Å². The van der Waals surface area contributed by atoms with Crippen LogP contribution in [0.5, 0.6) is 0 Å². The lowest BCUT2D eigenvalue weighted by molar-refractivity contribution is -0.117. The third-order valence-electron chi connectivity index (χ3n) is 7.45. The number of hydrogen-bond donors (Lipinski definition) is 1. The van der Waals surface area contributed by atoms with Gasteiger partial charge < -0.3 is 4.57 Å². The minimum absolute atomic E-state index is 0.280. The SMILES string of the molecule is CC(C)=CCSc1ccc(-c2ccc(Cc3nc(-c4ccc(Cl)cc4Cl)cn3-c3cccc(N4CC(=O)NS4(=O)=O)c3)cc2)cc1. The fraction of sp³-hybridized carbons (Fsp3) is 0.143. The molecule has 0 atom stereocenters. The van der Waals surface area contributed by atoms with E-state index in [4.69, 9.17) is 28.2 Å². The molecule has 0 aliphatic carbocycles. The van der Waals surface area contributed by atoms with Crippen molar-refractivity contribution in [2.45, 2.75) is 25.2 Å². The summed E-state index contributed by atoms with van der Waals surface area (Å²) in [5.74, 6) is 1.10. The van der Waals surface area contributed by atoms with E-state index in [0.717, 1.165) is 38.1 Å². The van der Waals surface area contributed by atoms with Gasteiger partial charge in [0, 0.05) is 39.5 Å². The van der Waals surface area contributed by atoms with Gasteiger partial charge in [-0.2, -0.15) is 8.42 Å².